The Morgan fingerprint density at radius 1 is 1.16 bits per heavy atom. The molecule has 1 aromatic heterocycles. The number of nitrogens with zero attached hydrogens (tertiary/aromatic N) is 1. The number of hydrogen-bond acceptors (Lipinski definition) is 3. The van der Waals surface area contributed by atoms with E-state index in [9.17, 15) is 4.79 Å². The number of piperidine rings is 2. The van der Waals surface area contributed by atoms with Crippen molar-refractivity contribution in [3.63, 3.8) is 0 Å². The molecule has 3 heterocycles. The van der Waals surface area contributed by atoms with Gasteiger partial charge < -0.3 is 5.32 Å². The van der Waals surface area contributed by atoms with Gasteiger partial charge in [-0.05, 0) is 61.4 Å². The minimum Gasteiger partial charge on any atom is -0.349 e. The summed E-state index contributed by atoms with van der Waals surface area (Å²) in [5, 5.41) is 6.07. The molecule has 0 aliphatic carbocycles. The summed E-state index contributed by atoms with van der Waals surface area (Å²) in [6.07, 6.45) is 5.92. The summed E-state index contributed by atoms with van der Waals surface area (Å²) >= 11 is 7.75. The van der Waals surface area contributed by atoms with Gasteiger partial charge >= 0.3 is 0 Å². The molecule has 0 radical (unpaired) electrons. The smallest absolute Gasteiger partial charge is 0.251 e. The maximum atomic E-state index is 12.5. The fourth-order valence-corrected chi connectivity index (χ4v) is 5.15. The van der Waals surface area contributed by atoms with Crippen molar-refractivity contribution in [1.82, 2.24) is 10.2 Å². The van der Waals surface area contributed by atoms with E-state index in [1.165, 1.54) is 24.1 Å². The average Bonchev–Trinajstić information content (AvgIpc) is 3.09. The number of halogens is 1. The fourth-order valence-electron chi connectivity index (χ4n) is 4.31. The third kappa shape index (κ3) is 3.91. The van der Waals surface area contributed by atoms with Gasteiger partial charge in [0, 0.05) is 40.1 Å². The average molecular weight is 375 g/mol. The van der Waals surface area contributed by atoms with E-state index in [0.29, 0.717) is 22.7 Å². The Labute approximate surface area is 158 Å². The van der Waals surface area contributed by atoms with Gasteiger partial charge in [-0.2, -0.15) is 0 Å². The summed E-state index contributed by atoms with van der Waals surface area (Å²) in [6.45, 7) is 1.06. The molecule has 2 aromatic rings. The lowest BCUT2D eigenvalue weighted by molar-refractivity contribution is 0.0184. The van der Waals surface area contributed by atoms with Crippen LogP contribution in [0.4, 0.5) is 0 Å². The normalized spacial score (nSPS) is 26.4. The van der Waals surface area contributed by atoms with E-state index in [-0.39, 0.29) is 11.9 Å². The minimum absolute atomic E-state index is 0.0199. The number of carbonyl (C=O) groups is 1. The molecule has 132 valence electrons. The third-order valence-electron chi connectivity index (χ3n) is 5.49. The van der Waals surface area contributed by atoms with Crippen molar-refractivity contribution in [2.45, 2.75) is 56.8 Å². The lowest BCUT2D eigenvalue weighted by Gasteiger charge is -2.49. The van der Waals surface area contributed by atoms with Crippen LogP contribution in [0.5, 0.6) is 0 Å². The summed E-state index contributed by atoms with van der Waals surface area (Å²) in [7, 11) is 0. The number of thiophene rings is 1. The molecule has 4 rings (SSSR count). The molecule has 2 aliphatic rings. The van der Waals surface area contributed by atoms with Gasteiger partial charge in [0.25, 0.3) is 5.91 Å². The van der Waals surface area contributed by atoms with Crippen LogP contribution in [0.1, 0.15) is 47.3 Å². The number of rotatable bonds is 4. The molecule has 1 aromatic carbocycles. The van der Waals surface area contributed by atoms with Crippen molar-refractivity contribution in [3.8, 4) is 0 Å². The summed E-state index contributed by atoms with van der Waals surface area (Å²) in [5.41, 5.74) is 0.690. The molecular formula is C20H23ClN2OS. The van der Waals surface area contributed by atoms with E-state index in [0.717, 1.165) is 19.4 Å². The first-order valence-corrected chi connectivity index (χ1v) is 10.3. The van der Waals surface area contributed by atoms with Gasteiger partial charge in [-0.25, -0.2) is 0 Å². The van der Waals surface area contributed by atoms with Crippen LogP contribution in [0.25, 0.3) is 0 Å². The second-order valence-electron chi connectivity index (χ2n) is 7.14. The molecule has 0 unspecified atom stereocenters. The molecule has 1 amide bonds. The second-order valence-corrected chi connectivity index (χ2v) is 8.61. The van der Waals surface area contributed by atoms with E-state index in [2.05, 4.69) is 27.7 Å². The van der Waals surface area contributed by atoms with Crippen molar-refractivity contribution in [3.05, 3.63) is 57.2 Å². The second kappa shape index (κ2) is 7.48. The molecule has 2 atom stereocenters. The van der Waals surface area contributed by atoms with Crippen LogP contribution in [0.15, 0.2) is 41.8 Å². The lowest BCUT2D eigenvalue weighted by atomic mass is 9.81. The Morgan fingerprint density at radius 3 is 2.52 bits per heavy atom. The SMILES string of the molecule is O=C(NC1C[C@@H]2CCC[C@@H](C1)N2Cc1cccs1)c1ccc(Cl)cc1. The van der Waals surface area contributed by atoms with Gasteiger partial charge in [0.05, 0.1) is 0 Å². The maximum Gasteiger partial charge on any atom is 0.251 e. The first-order valence-electron chi connectivity index (χ1n) is 9.03. The Balaban J connectivity index is 1.40. The fraction of sp³-hybridized carbons (Fsp3) is 0.450. The number of nitrogens with one attached hydrogen (secondary N) is 1. The van der Waals surface area contributed by atoms with Crippen molar-refractivity contribution < 1.29 is 4.79 Å². The molecule has 2 aliphatic heterocycles. The topological polar surface area (TPSA) is 32.3 Å². The van der Waals surface area contributed by atoms with Crippen LogP contribution < -0.4 is 5.32 Å². The lowest BCUT2D eigenvalue weighted by Crippen LogP contribution is -2.56. The summed E-state index contributed by atoms with van der Waals surface area (Å²) in [6, 6.07) is 13.0. The largest absolute Gasteiger partial charge is 0.349 e. The molecule has 25 heavy (non-hydrogen) atoms. The van der Waals surface area contributed by atoms with Crippen LogP contribution in [0.3, 0.4) is 0 Å². The summed E-state index contributed by atoms with van der Waals surface area (Å²) in [5.74, 6) is 0.0199. The van der Waals surface area contributed by atoms with Gasteiger partial charge in [0.15, 0.2) is 0 Å². The number of hydrogen-bond donors (Lipinski definition) is 1. The van der Waals surface area contributed by atoms with Crippen LogP contribution in [-0.4, -0.2) is 28.9 Å². The Morgan fingerprint density at radius 2 is 1.88 bits per heavy atom. The van der Waals surface area contributed by atoms with Gasteiger partial charge in [-0.3, -0.25) is 9.69 Å². The zero-order valence-corrected chi connectivity index (χ0v) is 15.7. The highest BCUT2D eigenvalue weighted by molar-refractivity contribution is 7.09. The van der Waals surface area contributed by atoms with E-state index in [4.69, 9.17) is 11.6 Å². The molecule has 5 heteroatoms. The van der Waals surface area contributed by atoms with Gasteiger partial charge in [-0.1, -0.05) is 24.1 Å². The highest BCUT2D eigenvalue weighted by atomic mass is 35.5. The number of amides is 1. The van der Waals surface area contributed by atoms with E-state index in [1.54, 1.807) is 24.3 Å². The standard InChI is InChI=1S/C20H23ClN2OS/c21-15-8-6-14(7-9-15)20(24)22-16-11-17-3-1-4-18(12-16)23(17)13-19-5-2-10-25-19/h2,5-10,16-18H,1,3-4,11-13H2,(H,22,24)/t17-,18-/m0/s1. The van der Waals surface area contributed by atoms with Crippen molar-refractivity contribution >= 4 is 28.8 Å². The van der Waals surface area contributed by atoms with Crippen LogP contribution in [0, 0.1) is 0 Å². The molecule has 0 saturated carbocycles. The molecule has 2 bridgehead atoms. The molecular weight excluding hydrogens is 352 g/mol. The van der Waals surface area contributed by atoms with Crippen LogP contribution in [-0.2, 0) is 6.54 Å². The van der Waals surface area contributed by atoms with E-state index in [1.807, 2.05) is 11.3 Å². The van der Waals surface area contributed by atoms with Crippen LogP contribution >= 0.6 is 22.9 Å². The first-order chi connectivity index (χ1) is 12.2. The molecule has 2 saturated heterocycles. The van der Waals surface area contributed by atoms with E-state index >= 15 is 0 Å². The molecule has 1 N–H and O–H groups in total. The number of carbonyl (C=O) groups excluding carboxylic acids is 1. The zero-order valence-electron chi connectivity index (χ0n) is 14.2. The van der Waals surface area contributed by atoms with Crippen molar-refractivity contribution in [1.29, 1.82) is 0 Å². The molecule has 0 spiro atoms. The van der Waals surface area contributed by atoms with Crippen molar-refractivity contribution in [2.75, 3.05) is 0 Å². The van der Waals surface area contributed by atoms with Crippen molar-refractivity contribution in [2.24, 2.45) is 0 Å². The van der Waals surface area contributed by atoms with E-state index < -0.39 is 0 Å². The molecule has 2 fully saturated rings. The summed E-state index contributed by atoms with van der Waals surface area (Å²) in [4.78, 5) is 16.6. The maximum absolute atomic E-state index is 12.5. The third-order valence-corrected chi connectivity index (χ3v) is 6.60. The predicted octanol–water partition coefficient (Wildman–Crippen LogP) is 4.72. The molecule has 3 nitrogen and oxygen atoms in total. The number of benzene rings is 1. The minimum atomic E-state index is 0.0199. The Bertz CT molecular complexity index is 702. The first kappa shape index (κ1) is 17.1. The van der Waals surface area contributed by atoms with Crippen LogP contribution in [0.2, 0.25) is 5.02 Å². The predicted molar refractivity (Wildman–Crippen MR) is 103 cm³/mol. The zero-order chi connectivity index (χ0) is 17.2. The summed E-state index contributed by atoms with van der Waals surface area (Å²) < 4.78 is 0. The number of fused-ring (bicyclic) bond motifs is 2. The Kier molecular flexibility index (Phi) is 5.11. The van der Waals surface area contributed by atoms with Gasteiger partial charge in [-0.15, -0.1) is 11.3 Å². The highest BCUT2D eigenvalue weighted by Gasteiger charge is 2.38. The highest BCUT2D eigenvalue weighted by Crippen LogP contribution is 2.35. The van der Waals surface area contributed by atoms with Gasteiger partial charge in [0.2, 0.25) is 0 Å². The quantitative estimate of drug-likeness (QED) is 0.839. The monoisotopic (exact) mass is 374 g/mol. The van der Waals surface area contributed by atoms with Gasteiger partial charge in [0.1, 0.15) is 0 Å². The Hall–Kier alpha value is -1.36.